The van der Waals surface area contributed by atoms with E-state index in [1.54, 1.807) is 7.11 Å². The van der Waals surface area contributed by atoms with E-state index in [9.17, 15) is 4.79 Å². The molecular weight excluding hydrogens is 240 g/mol. The first-order valence-corrected chi connectivity index (χ1v) is 6.62. The van der Waals surface area contributed by atoms with Crippen molar-refractivity contribution in [3.63, 3.8) is 0 Å². The number of carbonyl (C=O) groups is 1. The van der Waals surface area contributed by atoms with E-state index in [4.69, 9.17) is 4.74 Å². The van der Waals surface area contributed by atoms with Gasteiger partial charge in [0.2, 0.25) is 5.91 Å². The molecule has 2 N–H and O–H groups in total. The Kier molecular flexibility index (Phi) is 4.98. The third kappa shape index (κ3) is 3.83. The molecule has 1 aromatic carbocycles. The summed E-state index contributed by atoms with van der Waals surface area (Å²) < 4.78 is 4.94. The molecule has 0 unspecified atom stereocenters. The Morgan fingerprint density at radius 1 is 1.37 bits per heavy atom. The van der Waals surface area contributed by atoms with Crippen LogP contribution in [0.4, 0.5) is 0 Å². The Bertz CT molecular complexity index is 534. The molecule has 4 heteroatoms. The number of aromatic nitrogens is 1. The van der Waals surface area contributed by atoms with Crippen molar-refractivity contribution in [2.75, 3.05) is 20.3 Å². The summed E-state index contributed by atoms with van der Waals surface area (Å²) in [6, 6.07) is 8.15. The molecule has 0 atom stereocenters. The number of methoxy groups -OCH3 is 1. The zero-order chi connectivity index (χ0) is 13.5. The summed E-state index contributed by atoms with van der Waals surface area (Å²) >= 11 is 0. The molecule has 0 bridgehead atoms. The highest BCUT2D eigenvalue weighted by Crippen LogP contribution is 2.18. The van der Waals surface area contributed by atoms with Gasteiger partial charge in [-0.25, -0.2) is 0 Å². The van der Waals surface area contributed by atoms with Gasteiger partial charge in [0.15, 0.2) is 0 Å². The fourth-order valence-corrected chi connectivity index (χ4v) is 2.12. The molecule has 4 nitrogen and oxygen atoms in total. The Labute approximate surface area is 113 Å². The number of aromatic amines is 1. The average Bonchev–Trinajstić information content (AvgIpc) is 2.85. The van der Waals surface area contributed by atoms with Crippen molar-refractivity contribution in [2.24, 2.45) is 0 Å². The molecule has 2 rings (SSSR count). The lowest BCUT2D eigenvalue weighted by Crippen LogP contribution is -2.25. The zero-order valence-corrected chi connectivity index (χ0v) is 11.2. The summed E-state index contributed by atoms with van der Waals surface area (Å²) in [7, 11) is 1.67. The monoisotopic (exact) mass is 260 g/mol. The minimum atomic E-state index is 0.0985. The second kappa shape index (κ2) is 6.95. The molecular formula is C15H20N2O2. The first kappa shape index (κ1) is 13.6. The summed E-state index contributed by atoms with van der Waals surface area (Å²) in [5, 5.41) is 4.10. The van der Waals surface area contributed by atoms with E-state index in [0.29, 0.717) is 19.6 Å². The van der Waals surface area contributed by atoms with Crippen LogP contribution in [0.2, 0.25) is 0 Å². The van der Waals surface area contributed by atoms with E-state index in [2.05, 4.69) is 16.4 Å². The highest BCUT2D eigenvalue weighted by molar-refractivity contribution is 5.84. The number of H-pyrrole nitrogens is 1. The molecule has 0 spiro atoms. The van der Waals surface area contributed by atoms with Crippen molar-refractivity contribution in [1.82, 2.24) is 10.3 Å². The Morgan fingerprint density at radius 2 is 2.21 bits per heavy atom. The molecule has 0 aliphatic heterocycles. The molecule has 0 fully saturated rings. The van der Waals surface area contributed by atoms with Gasteiger partial charge in [0, 0.05) is 43.8 Å². The van der Waals surface area contributed by atoms with E-state index in [-0.39, 0.29) is 5.91 Å². The van der Waals surface area contributed by atoms with E-state index in [1.165, 1.54) is 10.9 Å². The standard InChI is InChI=1S/C15H20N2O2/c1-19-10-4-9-16-15(18)8-7-12-11-17-14-6-3-2-5-13(12)14/h2-3,5-6,11,17H,4,7-10H2,1H3,(H,16,18). The van der Waals surface area contributed by atoms with Gasteiger partial charge in [0.05, 0.1) is 0 Å². The number of hydrogen-bond acceptors (Lipinski definition) is 2. The second-order valence-electron chi connectivity index (χ2n) is 4.56. The largest absolute Gasteiger partial charge is 0.385 e. The Balaban J connectivity index is 1.80. The molecule has 0 saturated heterocycles. The van der Waals surface area contributed by atoms with Crippen LogP contribution in [0.25, 0.3) is 10.9 Å². The van der Waals surface area contributed by atoms with E-state index in [1.807, 2.05) is 24.4 Å². The van der Waals surface area contributed by atoms with Crippen molar-refractivity contribution in [2.45, 2.75) is 19.3 Å². The quantitative estimate of drug-likeness (QED) is 0.750. The zero-order valence-electron chi connectivity index (χ0n) is 11.2. The first-order chi connectivity index (χ1) is 9.31. The van der Waals surface area contributed by atoms with E-state index < -0.39 is 0 Å². The Hall–Kier alpha value is -1.81. The topological polar surface area (TPSA) is 54.1 Å². The summed E-state index contributed by atoms with van der Waals surface area (Å²) in [5.41, 5.74) is 2.32. The summed E-state index contributed by atoms with van der Waals surface area (Å²) in [4.78, 5) is 14.9. The molecule has 19 heavy (non-hydrogen) atoms. The van der Waals surface area contributed by atoms with Crippen molar-refractivity contribution in [3.05, 3.63) is 36.0 Å². The molecule has 2 aromatic rings. The van der Waals surface area contributed by atoms with Gasteiger partial charge in [-0.15, -0.1) is 0 Å². The van der Waals surface area contributed by atoms with Gasteiger partial charge in [0.1, 0.15) is 0 Å². The van der Waals surface area contributed by atoms with Crippen LogP contribution in [-0.2, 0) is 16.0 Å². The van der Waals surface area contributed by atoms with Crippen molar-refractivity contribution >= 4 is 16.8 Å². The number of amides is 1. The van der Waals surface area contributed by atoms with Gasteiger partial charge in [-0.05, 0) is 24.5 Å². The third-order valence-corrected chi connectivity index (χ3v) is 3.14. The highest BCUT2D eigenvalue weighted by Gasteiger charge is 2.06. The van der Waals surface area contributed by atoms with Gasteiger partial charge in [-0.2, -0.15) is 0 Å². The minimum Gasteiger partial charge on any atom is -0.385 e. The minimum absolute atomic E-state index is 0.0985. The normalized spacial score (nSPS) is 10.8. The maximum Gasteiger partial charge on any atom is 0.220 e. The van der Waals surface area contributed by atoms with Crippen LogP contribution in [0.5, 0.6) is 0 Å². The molecule has 0 aliphatic carbocycles. The number of carbonyl (C=O) groups excluding carboxylic acids is 1. The van der Waals surface area contributed by atoms with Crippen LogP contribution in [-0.4, -0.2) is 31.2 Å². The van der Waals surface area contributed by atoms with Gasteiger partial charge in [0.25, 0.3) is 0 Å². The van der Waals surface area contributed by atoms with Crippen molar-refractivity contribution in [3.8, 4) is 0 Å². The molecule has 0 saturated carbocycles. The van der Waals surface area contributed by atoms with Crippen LogP contribution >= 0.6 is 0 Å². The number of hydrogen-bond donors (Lipinski definition) is 2. The van der Waals surface area contributed by atoms with Gasteiger partial charge in [-0.3, -0.25) is 4.79 Å². The number of ether oxygens (including phenoxy) is 1. The lowest BCUT2D eigenvalue weighted by molar-refractivity contribution is -0.121. The van der Waals surface area contributed by atoms with Crippen LogP contribution < -0.4 is 5.32 Å². The third-order valence-electron chi connectivity index (χ3n) is 3.14. The smallest absolute Gasteiger partial charge is 0.220 e. The number of aryl methyl sites for hydroxylation is 1. The van der Waals surface area contributed by atoms with Crippen LogP contribution in [0.15, 0.2) is 30.5 Å². The van der Waals surface area contributed by atoms with E-state index >= 15 is 0 Å². The number of rotatable bonds is 7. The second-order valence-corrected chi connectivity index (χ2v) is 4.56. The Morgan fingerprint density at radius 3 is 3.05 bits per heavy atom. The predicted octanol–water partition coefficient (Wildman–Crippen LogP) is 2.25. The molecule has 1 heterocycles. The van der Waals surface area contributed by atoms with Crippen molar-refractivity contribution in [1.29, 1.82) is 0 Å². The first-order valence-electron chi connectivity index (χ1n) is 6.62. The maximum absolute atomic E-state index is 11.7. The molecule has 1 amide bonds. The highest BCUT2D eigenvalue weighted by atomic mass is 16.5. The summed E-state index contributed by atoms with van der Waals surface area (Å²) in [5.74, 6) is 0.0985. The molecule has 102 valence electrons. The number of para-hydroxylation sites is 1. The SMILES string of the molecule is COCCCNC(=O)CCc1c[nH]c2ccccc12. The summed E-state index contributed by atoms with van der Waals surface area (Å²) in [6.07, 6.45) is 4.13. The van der Waals surface area contributed by atoms with Crippen molar-refractivity contribution < 1.29 is 9.53 Å². The summed E-state index contributed by atoms with van der Waals surface area (Å²) in [6.45, 7) is 1.36. The average molecular weight is 260 g/mol. The maximum atomic E-state index is 11.7. The van der Waals surface area contributed by atoms with Crippen LogP contribution in [0.1, 0.15) is 18.4 Å². The molecule has 0 aliphatic rings. The number of nitrogens with one attached hydrogen (secondary N) is 2. The van der Waals surface area contributed by atoms with Crippen LogP contribution in [0.3, 0.4) is 0 Å². The lowest BCUT2D eigenvalue weighted by atomic mass is 10.1. The predicted molar refractivity (Wildman–Crippen MR) is 76.1 cm³/mol. The van der Waals surface area contributed by atoms with E-state index in [0.717, 1.165) is 18.4 Å². The number of fused-ring (bicyclic) bond motifs is 1. The molecule has 1 aromatic heterocycles. The lowest BCUT2D eigenvalue weighted by Gasteiger charge is -2.04. The fraction of sp³-hybridized carbons (Fsp3) is 0.400. The fourth-order valence-electron chi connectivity index (χ4n) is 2.12. The van der Waals surface area contributed by atoms with Crippen LogP contribution in [0, 0.1) is 0 Å². The molecule has 0 radical (unpaired) electrons. The number of benzene rings is 1. The van der Waals surface area contributed by atoms with Gasteiger partial charge in [-0.1, -0.05) is 18.2 Å². The van der Waals surface area contributed by atoms with Gasteiger partial charge >= 0.3 is 0 Å². The van der Waals surface area contributed by atoms with Gasteiger partial charge < -0.3 is 15.0 Å².